The van der Waals surface area contributed by atoms with Gasteiger partial charge in [-0.25, -0.2) is 0 Å². The minimum Gasteiger partial charge on any atom is -0.386 e. The number of ether oxygens (including phenoxy) is 1. The molecule has 192 valence electrons. The maximum atomic E-state index is 13.4. The lowest BCUT2D eigenvalue weighted by Gasteiger charge is -2.23. The lowest BCUT2D eigenvalue weighted by molar-refractivity contribution is 0.0695. The summed E-state index contributed by atoms with van der Waals surface area (Å²) in [6, 6.07) is 8.82. The Morgan fingerprint density at radius 1 is 1.23 bits per heavy atom. The fraction of sp³-hybridized carbons (Fsp3) is 0.633. The van der Waals surface area contributed by atoms with Gasteiger partial charge in [0.15, 0.2) is 0 Å². The molecule has 1 aromatic heterocycles. The van der Waals surface area contributed by atoms with Crippen molar-refractivity contribution in [2.75, 3.05) is 13.2 Å². The van der Waals surface area contributed by atoms with Crippen molar-refractivity contribution in [2.45, 2.75) is 104 Å². The van der Waals surface area contributed by atoms with Crippen LogP contribution in [-0.4, -0.2) is 34.8 Å². The van der Waals surface area contributed by atoms with Gasteiger partial charge in [0.2, 0.25) is 0 Å². The third-order valence-electron chi connectivity index (χ3n) is 8.08. The number of benzene rings is 1. The highest BCUT2D eigenvalue weighted by Crippen LogP contribution is 2.49. The van der Waals surface area contributed by atoms with Crippen molar-refractivity contribution in [3.63, 3.8) is 0 Å². The molecule has 1 amide bonds. The van der Waals surface area contributed by atoms with E-state index in [1.807, 2.05) is 13.8 Å². The number of amides is 1. The van der Waals surface area contributed by atoms with E-state index in [9.17, 15) is 9.90 Å². The summed E-state index contributed by atoms with van der Waals surface area (Å²) < 4.78 is 7.80. The third-order valence-corrected chi connectivity index (χ3v) is 8.08. The summed E-state index contributed by atoms with van der Waals surface area (Å²) in [6.45, 7) is 14.9. The Morgan fingerprint density at radius 3 is 2.51 bits per heavy atom. The molecule has 1 aliphatic heterocycles. The predicted octanol–water partition coefficient (Wildman–Crippen LogP) is 6.09. The van der Waals surface area contributed by atoms with Gasteiger partial charge in [-0.15, -0.1) is 0 Å². The molecule has 1 saturated heterocycles. The lowest BCUT2D eigenvalue weighted by Crippen LogP contribution is -2.39. The average Bonchev–Trinajstić information content (AvgIpc) is 3.48. The Bertz CT molecular complexity index is 1030. The van der Waals surface area contributed by atoms with Crippen LogP contribution in [0.15, 0.2) is 24.3 Å². The van der Waals surface area contributed by atoms with Gasteiger partial charge in [-0.05, 0) is 99.1 Å². The standard InChI is InChI=1S/C30H44N2O3/c1-7-8-20(2)19-32-21(3)26(28(33)31-25-9-13-35-14-10-25)18-27(32)22-15-23(29(4,5)34)17-24(16-22)30(6)11-12-30/h15-18,20,25,34H,7-14,19H2,1-6H3,(H,31,33). The zero-order chi connectivity index (χ0) is 25.4. The number of nitrogens with one attached hydrogen (secondary N) is 1. The molecule has 1 unspecified atom stereocenters. The lowest BCUT2D eigenvalue weighted by atomic mass is 9.88. The molecule has 5 heteroatoms. The van der Waals surface area contributed by atoms with E-state index in [0.29, 0.717) is 19.1 Å². The molecular formula is C30H44N2O3. The molecule has 1 saturated carbocycles. The van der Waals surface area contributed by atoms with Crippen LogP contribution in [0.4, 0.5) is 0 Å². The number of aromatic nitrogens is 1. The summed E-state index contributed by atoms with van der Waals surface area (Å²) >= 11 is 0. The van der Waals surface area contributed by atoms with Crippen LogP contribution < -0.4 is 5.32 Å². The molecule has 2 N–H and O–H groups in total. The maximum absolute atomic E-state index is 13.4. The molecule has 2 aliphatic rings. The van der Waals surface area contributed by atoms with E-state index >= 15 is 0 Å². The Hall–Kier alpha value is -2.11. The molecule has 0 radical (unpaired) electrons. The van der Waals surface area contributed by atoms with Gasteiger partial charge in [0.1, 0.15) is 0 Å². The van der Waals surface area contributed by atoms with Gasteiger partial charge in [0.25, 0.3) is 5.91 Å². The van der Waals surface area contributed by atoms with Gasteiger partial charge >= 0.3 is 0 Å². The van der Waals surface area contributed by atoms with Crippen molar-refractivity contribution in [1.82, 2.24) is 9.88 Å². The van der Waals surface area contributed by atoms with Crippen LogP contribution in [0.2, 0.25) is 0 Å². The molecule has 0 bridgehead atoms. The first kappa shape index (κ1) is 26.0. The highest BCUT2D eigenvalue weighted by Gasteiger charge is 2.40. The zero-order valence-electron chi connectivity index (χ0n) is 22.5. The number of hydrogen-bond acceptors (Lipinski definition) is 3. The van der Waals surface area contributed by atoms with E-state index in [1.165, 1.54) is 18.4 Å². The van der Waals surface area contributed by atoms with Gasteiger partial charge in [0, 0.05) is 37.2 Å². The van der Waals surface area contributed by atoms with Crippen LogP contribution in [0.1, 0.15) is 100 Å². The first-order valence-corrected chi connectivity index (χ1v) is 13.5. The van der Waals surface area contributed by atoms with Crippen molar-refractivity contribution < 1.29 is 14.6 Å². The van der Waals surface area contributed by atoms with Crippen LogP contribution in [0.25, 0.3) is 11.3 Å². The van der Waals surface area contributed by atoms with E-state index < -0.39 is 5.60 Å². The van der Waals surface area contributed by atoms with Crippen LogP contribution in [0.5, 0.6) is 0 Å². The summed E-state index contributed by atoms with van der Waals surface area (Å²) in [7, 11) is 0. The molecule has 1 aromatic carbocycles. The van der Waals surface area contributed by atoms with Crippen molar-refractivity contribution in [2.24, 2.45) is 5.92 Å². The SMILES string of the molecule is CCCC(C)Cn1c(-c2cc(C(C)(C)O)cc(C3(C)CC3)c2)cc(C(=O)NC2CCOCC2)c1C. The summed E-state index contributed by atoms with van der Waals surface area (Å²) in [5.41, 5.74) is 5.39. The quantitative estimate of drug-likeness (QED) is 0.457. The fourth-order valence-electron chi connectivity index (χ4n) is 5.30. The minimum atomic E-state index is -0.929. The Labute approximate surface area is 211 Å². The van der Waals surface area contributed by atoms with E-state index in [0.717, 1.165) is 60.3 Å². The van der Waals surface area contributed by atoms with Gasteiger partial charge in [0.05, 0.1) is 11.2 Å². The average molecular weight is 481 g/mol. The second-order valence-electron chi connectivity index (χ2n) is 11.8. The summed E-state index contributed by atoms with van der Waals surface area (Å²) in [6.07, 6.45) is 6.36. The maximum Gasteiger partial charge on any atom is 0.253 e. The number of aliphatic hydroxyl groups is 1. The van der Waals surface area contributed by atoms with Crippen LogP contribution in [0, 0.1) is 12.8 Å². The fourth-order valence-corrected chi connectivity index (χ4v) is 5.30. The number of carbonyl (C=O) groups is 1. The predicted molar refractivity (Wildman–Crippen MR) is 142 cm³/mol. The third kappa shape index (κ3) is 5.83. The number of carbonyl (C=O) groups excluding carboxylic acids is 1. The molecule has 2 heterocycles. The van der Waals surface area contributed by atoms with E-state index in [4.69, 9.17) is 4.74 Å². The summed E-state index contributed by atoms with van der Waals surface area (Å²) in [5, 5.41) is 14.2. The molecular weight excluding hydrogens is 436 g/mol. The molecule has 0 spiro atoms. The molecule has 2 aromatic rings. The Balaban J connectivity index is 1.78. The molecule has 4 rings (SSSR count). The molecule has 35 heavy (non-hydrogen) atoms. The van der Waals surface area contributed by atoms with E-state index in [1.54, 1.807) is 0 Å². The Morgan fingerprint density at radius 2 is 1.91 bits per heavy atom. The monoisotopic (exact) mass is 480 g/mol. The zero-order valence-corrected chi connectivity index (χ0v) is 22.5. The van der Waals surface area contributed by atoms with Crippen molar-refractivity contribution >= 4 is 5.91 Å². The second-order valence-corrected chi connectivity index (χ2v) is 11.8. The Kier molecular flexibility index (Phi) is 7.49. The van der Waals surface area contributed by atoms with Crippen molar-refractivity contribution in [3.05, 3.63) is 46.6 Å². The molecule has 1 atom stereocenters. The van der Waals surface area contributed by atoms with E-state index in [-0.39, 0.29) is 17.4 Å². The minimum absolute atomic E-state index is 0.00515. The number of nitrogens with zero attached hydrogens (tertiary/aromatic N) is 1. The molecule has 2 fully saturated rings. The second kappa shape index (κ2) is 10.1. The van der Waals surface area contributed by atoms with Gasteiger partial charge < -0.3 is 19.7 Å². The highest BCUT2D eigenvalue weighted by atomic mass is 16.5. The van der Waals surface area contributed by atoms with Crippen LogP contribution in [-0.2, 0) is 22.3 Å². The summed E-state index contributed by atoms with van der Waals surface area (Å²) in [5.74, 6) is 0.514. The first-order valence-electron chi connectivity index (χ1n) is 13.5. The van der Waals surface area contributed by atoms with Gasteiger partial charge in [-0.1, -0.05) is 33.3 Å². The van der Waals surface area contributed by atoms with Crippen molar-refractivity contribution in [3.8, 4) is 11.3 Å². The normalized spacial score (nSPS) is 18.9. The van der Waals surface area contributed by atoms with E-state index in [2.05, 4.69) is 61.8 Å². The smallest absolute Gasteiger partial charge is 0.253 e. The van der Waals surface area contributed by atoms with Gasteiger partial charge in [-0.2, -0.15) is 0 Å². The van der Waals surface area contributed by atoms with Gasteiger partial charge in [-0.3, -0.25) is 4.79 Å². The topological polar surface area (TPSA) is 63.5 Å². The largest absolute Gasteiger partial charge is 0.386 e. The highest BCUT2D eigenvalue weighted by molar-refractivity contribution is 5.97. The number of rotatable bonds is 9. The summed E-state index contributed by atoms with van der Waals surface area (Å²) in [4.78, 5) is 13.4. The van der Waals surface area contributed by atoms with Crippen LogP contribution in [0.3, 0.4) is 0 Å². The molecule has 5 nitrogen and oxygen atoms in total. The van der Waals surface area contributed by atoms with Crippen molar-refractivity contribution in [1.29, 1.82) is 0 Å². The van der Waals surface area contributed by atoms with Crippen LogP contribution >= 0.6 is 0 Å². The molecule has 1 aliphatic carbocycles. The number of hydrogen-bond donors (Lipinski definition) is 2. The first-order chi connectivity index (χ1) is 16.5.